The molecule has 1 aliphatic heterocycles. The Hall–Kier alpha value is -2.11. The highest BCUT2D eigenvalue weighted by molar-refractivity contribution is 5.48. The van der Waals surface area contributed by atoms with E-state index in [1.165, 1.54) is 11.6 Å². The summed E-state index contributed by atoms with van der Waals surface area (Å²) in [4.78, 5) is 4.26. The molecule has 26 heavy (non-hydrogen) atoms. The van der Waals surface area contributed by atoms with Crippen LogP contribution in [-0.4, -0.2) is 55.4 Å². The van der Waals surface area contributed by atoms with Crippen LogP contribution in [0.15, 0.2) is 42.5 Å². The van der Waals surface area contributed by atoms with Crippen LogP contribution in [-0.2, 0) is 0 Å². The van der Waals surface area contributed by atoms with Gasteiger partial charge in [0.1, 0.15) is 24.3 Å². The first-order valence-electron chi connectivity index (χ1n) is 9.13. The van der Waals surface area contributed by atoms with Gasteiger partial charge >= 0.3 is 0 Å². The fourth-order valence-electron chi connectivity index (χ4n) is 3.30. The van der Waals surface area contributed by atoms with Crippen LogP contribution in [0.4, 0.5) is 10.1 Å². The number of hydrogen-bond donors (Lipinski definition) is 1. The van der Waals surface area contributed by atoms with Crippen molar-refractivity contribution in [1.29, 1.82) is 0 Å². The number of rotatable bonds is 6. The number of halogens is 1. The molecule has 2 aromatic carbocycles. The third kappa shape index (κ3) is 4.54. The van der Waals surface area contributed by atoms with Gasteiger partial charge in [-0.1, -0.05) is 24.3 Å². The highest BCUT2D eigenvalue weighted by Crippen LogP contribution is 2.22. The van der Waals surface area contributed by atoms with Crippen molar-refractivity contribution < 1.29 is 14.2 Å². The Labute approximate surface area is 154 Å². The van der Waals surface area contributed by atoms with E-state index in [0.717, 1.165) is 37.5 Å². The first kappa shape index (κ1) is 18.7. The lowest BCUT2D eigenvalue weighted by Crippen LogP contribution is -2.49. The van der Waals surface area contributed by atoms with E-state index in [0.29, 0.717) is 12.2 Å². The fraction of sp³-hybridized carbons (Fsp3) is 0.429. The van der Waals surface area contributed by atoms with Gasteiger partial charge < -0.3 is 14.7 Å². The van der Waals surface area contributed by atoms with Crippen molar-refractivity contribution in [2.45, 2.75) is 20.0 Å². The van der Waals surface area contributed by atoms with E-state index in [2.05, 4.69) is 9.80 Å². The zero-order valence-electron chi connectivity index (χ0n) is 15.5. The minimum Gasteiger partial charge on any atom is -0.491 e. The molecule has 0 amide bonds. The largest absolute Gasteiger partial charge is 0.491 e. The summed E-state index contributed by atoms with van der Waals surface area (Å²) in [5.41, 5.74) is 2.95. The summed E-state index contributed by atoms with van der Waals surface area (Å²) < 4.78 is 19.7. The Kier molecular flexibility index (Phi) is 6.12. The van der Waals surface area contributed by atoms with Gasteiger partial charge in [0.15, 0.2) is 0 Å². The molecule has 2 aromatic rings. The van der Waals surface area contributed by atoms with E-state index in [4.69, 9.17) is 4.74 Å². The standard InChI is InChI=1S/C21H27FN2O2/c1-16-6-5-9-21(17(16)2)26-15-18(25)14-23-10-12-24(13-11-23)20-8-4-3-7-19(20)22/h3-9,18,25H,10-15H2,1-2H3. The van der Waals surface area contributed by atoms with Crippen molar-refractivity contribution in [2.75, 3.05) is 44.2 Å². The highest BCUT2D eigenvalue weighted by atomic mass is 19.1. The summed E-state index contributed by atoms with van der Waals surface area (Å²) in [6, 6.07) is 12.8. The van der Waals surface area contributed by atoms with E-state index in [1.807, 2.05) is 44.2 Å². The van der Waals surface area contributed by atoms with E-state index >= 15 is 0 Å². The van der Waals surface area contributed by atoms with Crippen LogP contribution >= 0.6 is 0 Å². The van der Waals surface area contributed by atoms with Gasteiger partial charge in [-0.25, -0.2) is 4.39 Å². The summed E-state index contributed by atoms with van der Waals surface area (Å²) >= 11 is 0. The van der Waals surface area contributed by atoms with Crippen molar-refractivity contribution in [1.82, 2.24) is 4.90 Å². The van der Waals surface area contributed by atoms with Crippen molar-refractivity contribution >= 4 is 5.69 Å². The van der Waals surface area contributed by atoms with Crippen LogP contribution in [0, 0.1) is 19.7 Å². The lowest BCUT2D eigenvalue weighted by atomic mass is 10.1. The SMILES string of the molecule is Cc1cccc(OCC(O)CN2CCN(c3ccccc3F)CC2)c1C. The molecule has 1 N–H and O–H groups in total. The van der Waals surface area contributed by atoms with Crippen molar-refractivity contribution in [3.05, 3.63) is 59.4 Å². The Bertz CT molecular complexity index is 730. The number of aliphatic hydroxyl groups excluding tert-OH is 1. The number of aliphatic hydroxyl groups is 1. The summed E-state index contributed by atoms with van der Waals surface area (Å²) in [5, 5.41) is 10.3. The van der Waals surface area contributed by atoms with Gasteiger partial charge in [-0.2, -0.15) is 0 Å². The van der Waals surface area contributed by atoms with Gasteiger partial charge in [-0.15, -0.1) is 0 Å². The molecule has 1 atom stereocenters. The average Bonchev–Trinajstić information content (AvgIpc) is 2.64. The number of aryl methyl sites for hydroxylation is 1. The molecule has 1 heterocycles. The number of β-amino-alcohol motifs (C(OH)–C–C–N with tert-alkyl or cyclic N) is 1. The van der Waals surface area contributed by atoms with E-state index in [9.17, 15) is 9.50 Å². The van der Waals surface area contributed by atoms with Gasteiger partial charge in [0.05, 0.1) is 5.69 Å². The quantitative estimate of drug-likeness (QED) is 0.861. The van der Waals surface area contributed by atoms with Gasteiger partial charge in [0, 0.05) is 32.7 Å². The fourth-order valence-corrected chi connectivity index (χ4v) is 3.30. The Morgan fingerprint density at radius 2 is 1.77 bits per heavy atom. The van der Waals surface area contributed by atoms with E-state index in [1.54, 1.807) is 6.07 Å². The highest BCUT2D eigenvalue weighted by Gasteiger charge is 2.21. The third-order valence-corrected chi connectivity index (χ3v) is 5.02. The molecule has 0 spiro atoms. The Balaban J connectivity index is 1.45. The van der Waals surface area contributed by atoms with Gasteiger partial charge in [0.2, 0.25) is 0 Å². The maximum atomic E-state index is 13.9. The minimum atomic E-state index is -0.546. The van der Waals surface area contributed by atoms with Crippen LogP contribution in [0.3, 0.4) is 0 Å². The van der Waals surface area contributed by atoms with E-state index in [-0.39, 0.29) is 12.4 Å². The lowest BCUT2D eigenvalue weighted by Gasteiger charge is -2.37. The molecule has 1 fully saturated rings. The smallest absolute Gasteiger partial charge is 0.146 e. The molecule has 140 valence electrons. The van der Waals surface area contributed by atoms with E-state index < -0.39 is 6.10 Å². The van der Waals surface area contributed by atoms with Crippen LogP contribution in [0.25, 0.3) is 0 Å². The number of anilines is 1. The summed E-state index contributed by atoms with van der Waals surface area (Å²) in [7, 11) is 0. The molecule has 4 nitrogen and oxygen atoms in total. The number of piperazine rings is 1. The predicted molar refractivity (Wildman–Crippen MR) is 102 cm³/mol. The molecule has 0 bridgehead atoms. The molecule has 0 aromatic heterocycles. The minimum absolute atomic E-state index is 0.178. The number of nitrogens with zero attached hydrogens (tertiary/aromatic N) is 2. The average molecular weight is 358 g/mol. The summed E-state index contributed by atoms with van der Waals surface area (Å²) in [5.74, 6) is 0.649. The zero-order chi connectivity index (χ0) is 18.5. The van der Waals surface area contributed by atoms with Crippen LogP contribution in [0.5, 0.6) is 5.75 Å². The molecular formula is C21H27FN2O2. The molecule has 0 aliphatic carbocycles. The predicted octanol–water partition coefficient (Wildman–Crippen LogP) is 3.00. The lowest BCUT2D eigenvalue weighted by molar-refractivity contribution is 0.0660. The Morgan fingerprint density at radius 3 is 2.50 bits per heavy atom. The van der Waals surface area contributed by atoms with Gasteiger partial charge in [-0.05, 0) is 43.2 Å². The molecule has 1 aliphatic rings. The van der Waals surface area contributed by atoms with Crippen molar-refractivity contribution in [3.8, 4) is 5.75 Å². The molecule has 5 heteroatoms. The monoisotopic (exact) mass is 358 g/mol. The summed E-state index contributed by atoms with van der Waals surface area (Å²) in [6.45, 7) is 8.03. The normalized spacial score (nSPS) is 16.5. The topological polar surface area (TPSA) is 35.9 Å². The second-order valence-corrected chi connectivity index (χ2v) is 6.90. The second-order valence-electron chi connectivity index (χ2n) is 6.90. The number of para-hydroxylation sites is 1. The molecule has 0 saturated carbocycles. The number of ether oxygens (including phenoxy) is 1. The molecule has 3 rings (SSSR count). The first-order valence-corrected chi connectivity index (χ1v) is 9.13. The zero-order valence-corrected chi connectivity index (χ0v) is 15.5. The maximum Gasteiger partial charge on any atom is 0.146 e. The Morgan fingerprint density at radius 1 is 1.04 bits per heavy atom. The summed E-state index contributed by atoms with van der Waals surface area (Å²) in [6.07, 6.45) is -0.546. The van der Waals surface area contributed by atoms with Crippen LogP contribution < -0.4 is 9.64 Å². The first-order chi connectivity index (χ1) is 12.5. The molecule has 1 saturated heterocycles. The van der Waals surface area contributed by atoms with Crippen molar-refractivity contribution in [3.63, 3.8) is 0 Å². The van der Waals surface area contributed by atoms with Crippen LogP contribution in [0.1, 0.15) is 11.1 Å². The second kappa shape index (κ2) is 8.52. The molecule has 0 radical (unpaired) electrons. The molecular weight excluding hydrogens is 331 g/mol. The van der Waals surface area contributed by atoms with Crippen LogP contribution in [0.2, 0.25) is 0 Å². The number of hydrogen-bond acceptors (Lipinski definition) is 4. The maximum absolute atomic E-state index is 13.9. The number of benzene rings is 2. The van der Waals surface area contributed by atoms with Gasteiger partial charge in [-0.3, -0.25) is 4.90 Å². The van der Waals surface area contributed by atoms with Crippen molar-refractivity contribution in [2.24, 2.45) is 0 Å². The third-order valence-electron chi connectivity index (χ3n) is 5.02. The molecule has 1 unspecified atom stereocenters. The van der Waals surface area contributed by atoms with Gasteiger partial charge in [0.25, 0.3) is 0 Å².